The molecule has 0 bridgehead atoms. The van der Waals surface area contributed by atoms with E-state index >= 15 is 0 Å². The fraction of sp³-hybridized carbons (Fsp3) is 0.571. The van der Waals surface area contributed by atoms with Gasteiger partial charge < -0.3 is 20.3 Å². The Morgan fingerprint density at radius 3 is 2.58 bits per heavy atom. The van der Waals surface area contributed by atoms with E-state index in [0.717, 1.165) is 24.3 Å². The average molecular weight is 266 g/mol. The molecule has 5 heteroatoms. The number of likely N-dealkylation sites (N-methyl/N-ethyl adjacent to an activating group) is 1. The summed E-state index contributed by atoms with van der Waals surface area (Å²) in [6.07, 6.45) is 0.349. The Kier molecular flexibility index (Phi) is 4.29. The smallest absolute Gasteiger partial charge is 0.161 e. The maximum Gasteiger partial charge on any atom is 0.161 e. The van der Waals surface area contributed by atoms with Gasteiger partial charge in [0.15, 0.2) is 11.5 Å². The molecule has 0 aliphatic carbocycles. The Hall–Kier alpha value is -1.30. The molecule has 2 unspecified atom stereocenters. The third-order valence-corrected chi connectivity index (χ3v) is 3.78. The van der Waals surface area contributed by atoms with Gasteiger partial charge in [-0.15, -0.1) is 0 Å². The van der Waals surface area contributed by atoms with Crippen molar-refractivity contribution in [1.82, 2.24) is 4.90 Å². The highest BCUT2D eigenvalue weighted by atomic mass is 16.5. The normalized spacial score (nSPS) is 20.8. The van der Waals surface area contributed by atoms with Crippen molar-refractivity contribution in [2.24, 2.45) is 5.73 Å². The monoisotopic (exact) mass is 266 g/mol. The van der Waals surface area contributed by atoms with Crippen LogP contribution >= 0.6 is 0 Å². The number of hydrogen-bond acceptors (Lipinski definition) is 5. The van der Waals surface area contributed by atoms with Crippen LogP contribution in [0.15, 0.2) is 12.1 Å². The summed E-state index contributed by atoms with van der Waals surface area (Å²) in [7, 11) is 5.25. The van der Waals surface area contributed by atoms with Gasteiger partial charge >= 0.3 is 0 Å². The van der Waals surface area contributed by atoms with Gasteiger partial charge in [0.25, 0.3) is 0 Å². The van der Waals surface area contributed by atoms with E-state index in [1.165, 1.54) is 5.56 Å². The molecule has 1 heterocycles. The molecule has 0 radical (unpaired) electrons. The van der Waals surface area contributed by atoms with Crippen LogP contribution in [0.2, 0.25) is 0 Å². The largest absolute Gasteiger partial charge is 0.493 e. The molecular weight excluding hydrogens is 244 g/mol. The van der Waals surface area contributed by atoms with Crippen molar-refractivity contribution in [3.8, 4) is 11.5 Å². The standard InChI is InChI=1S/C14H22N2O3/c1-16-5-4-9-6-12(18-2)13(19-3)7-10(9)14(16)11(17)8-15/h6-7,11,14,17H,4-5,8,15H2,1-3H3. The summed E-state index contributed by atoms with van der Waals surface area (Å²) in [5.74, 6) is 1.41. The number of fused-ring (bicyclic) bond motifs is 1. The van der Waals surface area contributed by atoms with Crippen LogP contribution in [-0.2, 0) is 6.42 Å². The van der Waals surface area contributed by atoms with E-state index in [0.29, 0.717) is 5.75 Å². The number of nitrogens with zero attached hydrogens (tertiary/aromatic N) is 1. The van der Waals surface area contributed by atoms with Crippen LogP contribution in [0.1, 0.15) is 17.2 Å². The molecule has 0 fully saturated rings. The molecule has 2 rings (SSSR count). The van der Waals surface area contributed by atoms with Crippen molar-refractivity contribution in [2.45, 2.75) is 18.6 Å². The number of ether oxygens (including phenoxy) is 2. The maximum atomic E-state index is 10.2. The van der Waals surface area contributed by atoms with Gasteiger partial charge in [-0.2, -0.15) is 0 Å². The van der Waals surface area contributed by atoms with Crippen molar-refractivity contribution in [3.05, 3.63) is 23.3 Å². The van der Waals surface area contributed by atoms with Crippen LogP contribution in [-0.4, -0.2) is 50.5 Å². The van der Waals surface area contributed by atoms with Crippen molar-refractivity contribution in [1.29, 1.82) is 0 Å². The average Bonchev–Trinajstić information content (AvgIpc) is 2.44. The van der Waals surface area contributed by atoms with Crippen molar-refractivity contribution >= 4 is 0 Å². The predicted octanol–water partition coefficient (Wildman–Crippen LogP) is 0.552. The molecule has 0 amide bonds. The molecule has 1 aromatic rings. The fourth-order valence-electron chi connectivity index (χ4n) is 2.73. The molecule has 0 aromatic heterocycles. The lowest BCUT2D eigenvalue weighted by Crippen LogP contribution is -2.42. The molecule has 0 saturated carbocycles. The van der Waals surface area contributed by atoms with E-state index in [1.54, 1.807) is 14.2 Å². The first-order valence-electron chi connectivity index (χ1n) is 6.45. The molecule has 0 saturated heterocycles. The number of nitrogens with two attached hydrogens (primary N) is 1. The fourth-order valence-corrected chi connectivity index (χ4v) is 2.73. The maximum absolute atomic E-state index is 10.2. The van der Waals surface area contributed by atoms with Gasteiger partial charge in [-0.25, -0.2) is 0 Å². The molecule has 19 heavy (non-hydrogen) atoms. The second-order valence-electron chi connectivity index (χ2n) is 4.88. The molecule has 5 nitrogen and oxygen atoms in total. The molecule has 0 spiro atoms. The van der Waals surface area contributed by atoms with Crippen LogP contribution in [0.3, 0.4) is 0 Å². The summed E-state index contributed by atoms with van der Waals surface area (Å²) >= 11 is 0. The van der Waals surface area contributed by atoms with E-state index in [-0.39, 0.29) is 12.6 Å². The predicted molar refractivity (Wildman–Crippen MR) is 73.7 cm³/mol. The molecule has 3 N–H and O–H groups in total. The van der Waals surface area contributed by atoms with Gasteiger partial charge in [-0.3, -0.25) is 4.90 Å². The summed E-state index contributed by atoms with van der Waals surface area (Å²) in [6, 6.07) is 3.86. The molecular formula is C14H22N2O3. The number of aliphatic hydroxyl groups is 1. The minimum atomic E-state index is -0.581. The second-order valence-corrected chi connectivity index (χ2v) is 4.88. The summed E-state index contributed by atoms with van der Waals surface area (Å²) in [5.41, 5.74) is 7.88. The first kappa shape index (κ1) is 14.1. The van der Waals surface area contributed by atoms with Gasteiger partial charge in [0, 0.05) is 13.1 Å². The van der Waals surface area contributed by atoms with E-state index in [4.69, 9.17) is 15.2 Å². The molecule has 1 aromatic carbocycles. The van der Waals surface area contributed by atoms with E-state index in [1.807, 2.05) is 19.2 Å². The van der Waals surface area contributed by atoms with Crippen LogP contribution in [0.5, 0.6) is 11.5 Å². The molecule has 1 aliphatic heterocycles. The number of rotatable bonds is 4. The summed E-state index contributed by atoms with van der Waals surface area (Å²) in [6.45, 7) is 1.13. The highest BCUT2D eigenvalue weighted by Crippen LogP contribution is 2.38. The quantitative estimate of drug-likeness (QED) is 0.833. The Bertz CT molecular complexity index is 451. The van der Waals surface area contributed by atoms with Gasteiger partial charge in [0.05, 0.1) is 26.4 Å². The van der Waals surface area contributed by atoms with Gasteiger partial charge in [-0.05, 0) is 36.7 Å². The zero-order valence-electron chi connectivity index (χ0n) is 11.7. The van der Waals surface area contributed by atoms with Crippen LogP contribution in [0.4, 0.5) is 0 Å². The van der Waals surface area contributed by atoms with Crippen molar-refractivity contribution in [3.63, 3.8) is 0 Å². The minimum absolute atomic E-state index is 0.0893. The second kappa shape index (κ2) is 5.77. The third-order valence-electron chi connectivity index (χ3n) is 3.78. The first-order valence-corrected chi connectivity index (χ1v) is 6.45. The molecule has 106 valence electrons. The van der Waals surface area contributed by atoms with E-state index in [2.05, 4.69) is 4.90 Å². The van der Waals surface area contributed by atoms with Crippen LogP contribution in [0, 0.1) is 0 Å². The van der Waals surface area contributed by atoms with Crippen molar-refractivity contribution in [2.75, 3.05) is 34.4 Å². The number of hydrogen-bond donors (Lipinski definition) is 2. The Balaban J connectivity index is 2.48. The van der Waals surface area contributed by atoms with Gasteiger partial charge in [0.1, 0.15) is 0 Å². The van der Waals surface area contributed by atoms with Crippen molar-refractivity contribution < 1.29 is 14.6 Å². The third kappa shape index (κ3) is 2.54. The Morgan fingerprint density at radius 2 is 2.00 bits per heavy atom. The zero-order chi connectivity index (χ0) is 14.0. The highest BCUT2D eigenvalue weighted by Gasteiger charge is 2.31. The van der Waals surface area contributed by atoms with E-state index in [9.17, 15) is 5.11 Å². The lowest BCUT2D eigenvalue weighted by molar-refractivity contribution is 0.0625. The molecule has 1 aliphatic rings. The van der Waals surface area contributed by atoms with Crippen LogP contribution < -0.4 is 15.2 Å². The highest BCUT2D eigenvalue weighted by molar-refractivity contribution is 5.49. The lowest BCUT2D eigenvalue weighted by atomic mass is 9.89. The zero-order valence-corrected chi connectivity index (χ0v) is 11.7. The lowest BCUT2D eigenvalue weighted by Gasteiger charge is -2.37. The van der Waals surface area contributed by atoms with Gasteiger partial charge in [-0.1, -0.05) is 0 Å². The van der Waals surface area contributed by atoms with Crippen LogP contribution in [0.25, 0.3) is 0 Å². The number of benzene rings is 1. The number of aliphatic hydroxyl groups excluding tert-OH is 1. The van der Waals surface area contributed by atoms with Gasteiger partial charge in [0.2, 0.25) is 0 Å². The Labute approximate surface area is 113 Å². The SMILES string of the molecule is COc1cc2c(cc1OC)C(C(O)CN)N(C)CC2. The van der Waals surface area contributed by atoms with E-state index < -0.39 is 6.10 Å². The molecule has 2 atom stereocenters. The summed E-state index contributed by atoms with van der Waals surface area (Å²) < 4.78 is 10.7. The summed E-state index contributed by atoms with van der Waals surface area (Å²) in [5, 5.41) is 10.2. The minimum Gasteiger partial charge on any atom is -0.493 e. The Morgan fingerprint density at radius 1 is 1.37 bits per heavy atom. The topological polar surface area (TPSA) is 67.9 Å². The number of methoxy groups -OCH3 is 2. The summed E-state index contributed by atoms with van der Waals surface area (Å²) in [4.78, 5) is 2.13. The first-order chi connectivity index (χ1) is 9.12.